The SMILES string of the molecule is [O]CCC1CCCC12CC2. The first-order valence-electron chi connectivity index (χ1n) is 4.45. The number of rotatable bonds is 2. The lowest BCUT2D eigenvalue weighted by atomic mass is 9.90. The van der Waals surface area contributed by atoms with Crippen LogP contribution >= 0.6 is 0 Å². The molecule has 57 valence electrons. The number of hydrogen-bond donors (Lipinski definition) is 0. The molecule has 2 saturated carbocycles. The maximum Gasteiger partial charge on any atom is 0.0825 e. The molecule has 1 atom stereocenters. The third-order valence-electron chi connectivity index (χ3n) is 3.45. The van der Waals surface area contributed by atoms with E-state index in [0.29, 0.717) is 5.41 Å². The second-order valence-corrected chi connectivity index (χ2v) is 3.94. The Morgan fingerprint density at radius 1 is 1.30 bits per heavy atom. The molecule has 0 N–H and O–H groups in total. The van der Waals surface area contributed by atoms with Crippen LogP contribution in [-0.2, 0) is 5.11 Å². The van der Waals surface area contributed by atoms with Gasteiger partial charge in [-0.05, 0) is 43.4 Å². The van der Waals surface area contributed by atoms with Crippen LogP contribution in [0.1, 0.15) is 38.5 Å². The lowest BCUT2D eigenvalue weighted by molar-refractivity contribution is 0.156. The summed E-state index contributed by atoms with van der Waals surface area (Å²) in [5, 5.41) is 10.4. The van der Waals surface area contributed by atoms with Gasteiger partial charge < -0.3 is 0 Å². The smallest absolute Gasteiger partial charge is 0.0825 e. The zero-order valence-electron chi connectivity index (χ0n) is 6.44. The molecule has 0 amide bonds. The van der Waals surface area contributed by atoms with Crippen LogP contribution in [0.4, 0.5) is 0 Å². The molecule has 1 radical (unpaired) electrons. The van der Waals surface area contributed by atoms with E-state index in [-0.39, 0.29) is 6.61 Å². The van der Waals surface area contributed by atoms with Crippen LogP contribution in [0, 0.1) is 11.3 Å². The maximum atomic E-state index is 10.4. The van der Waals surface area contributed by atoms with E-state index in [2.05, 4.69) is 0 Å². The van der Waals surface area contributed by atoms with Gasteiger partial charge >= 0.3 is 0 Å². The topological polar surface area (TPSA) is 19.9 Å². The van der Waals surface area contributed by atoms with Crippen molar-refractivity contribution in [2.24, 2.45) is 11.3 Å². The van der Waals surface area contributed by atoms with Crippen molar-refractivity contribution in [1.82, 2.24) is 0 Å². The van der Waals surface area contributed by atoms with Gasteiger partial charge in [0.15, 0.2) is 0 Å². The first-order chi connectivity index (χ1) is 4.87. The van der Waals surface area contributed by atoms with Crippen molar-refractivity contribution in [3.63, 3.8) is 0 Å². The second-order valence-electron chi connectivity index (χ2n) is 3.94. The van der Waals surface area contributed by atoms with Crippen molar-refractivity contribution in [3.8, 4) is 0 Å². The highest BCUT2D eigenvalue weighted by Gasteiger charge is 2.50. The van der Waals surface area contributed by atoms with Crippen LogP contribution < -0.4 is 0 Å². The van der Waals surface area contributed by atoms with Gasteiger partial charge in [0.25, 0.3) is 0 Å². The van der Waals surface area contributed by atoms with Gasteiger partial charge in [-0.1, -0.05) is 6.42 Å². The van der Waals surface area contributed by atoms with Crippen molar-refractivity contribution in [3.05, 3.63) is 0 Å². The van der Waals surface area contributed by atoms with Gasteiger partial charge in [0.05, 0.1) is 6.61 Å². The first-order valence-corrected chi connectivity index (χ1v) is 4.45. The average molecular weight is 139 g/mol. The Hall–Kier alpha value is -0.0400. The fourth-order valence-corrected chi connectivity index (χ4v) is 2.62. The molecule has 10 heavy (non-hydrogen) atoms. The van der Waals surface area contributed by atoms with Crippen LogP contribution in [0.25, 0.3) is 0 Å². The van der Waals surface area contributed by atoms with E-state index in [1.54, 1.807) is 0 Å². The highest BCUT2D eigenvalue weighted by Crippen LogP contribution is 2.62. The molecule has 1 unspecified atom stereocenters. The summed E-state index contributed by atoms with van der Waals surface area (Å²) in [5.41, 5.74) is 0.713. The van der Waals surface area contributed by atoms with E-state index < -0.39 is 0 Å². The van der Waals surface area contributed by atoms with E-state index in [4.69, 9.17) is 0 Å². The van der Waals surface area contributed by atoms with Crippen LogP contribution in [0.3, 0.4) is 0 Å². The standard InChI is InChI=1S/C9H15O/c10-7-3-8-2-1-4-9(8)5-6-9/h8H,1-7H2. The maximum absolute atomic E-state index is 10.4. The zero-order valence-corrected chi connectivity index (χ0v) is 6.44. The minimum Gasteiger partial charge on any atom is -0.237 e. The summed E-state index contributed by atoms with van der Waals surface area (Å²) >= 11 is 0. The molecule has 2 aliphatic rings. The van der Waals surface area contributed by atoms with Gasteiger partial charge in [0.1, 0.15) is 0 Å². The lowest BCUT2D eigenvalue weighted by Gasteiger charge is -2.15. The quantitative estimate of drug-likeness (QED) is 0.559. The van der Waals surface area contributed by atoms with Crippen molar-refractivity contribution in [1.29, 1.82) is 0 Å². The largest absolute Gasteiger partial charge is 0.237 e. The molecule has 0 heterocycles. The summed E-state index contributed by atoms with van der Waals surface area (Å²) in [6, 6.07) is 0. The monoisotopic (exact) mass is 139 g/mol. The molecule has 0 bridgehead atoms. The third-order valence-corrected chi connectivity index (χ3v) is 3.45. The zero-order chi connectivity index (χ0) is 7.03. The second kappa shape index (κ2) is 2.23. The normalized spacial score (nSPS) is 35.1. The molecule has 2 fully saturated rings. The highest BCUT2D eigenvalue weighted by molar-refractivity contribution is 5.01. The molecule has 2 aliphatic carbocycles. The lowest BCUT2D eigenvalue weighted by Crippen LogP contribution is -2.09. The van der Waals surface area contributed by atoms with Gasteiger partial charge in [0.2, 0.25) is 0 Å². The molecule has 1 nitrogen and oxygen atoms in total. The summed E-state index contributed by atoms with van der Waals surface area (Å²) in [5.74, 6) is 0.824. The molecular weight excluding hydrogens is 124 g/mol. The van der Waals surface area contributed by atoms with E-state index in [1.807, 2.05) is 0 Å². The Morgan fingerprint density at radius 3 is 2.70 bits per heavy atom. The fourth-order valence-electron chi connectivity index (χ4n) is 2.62. The van der Waals surface area contributed by atoms with Crippen LogP contribution in [-0.4, -0.2) is 6.61 Å². The molecular formula is C9H15O. The van der Waals surface area contributed by atoms with Gasteiger partial charge in [0, 0.05) is 0 Å². The summed E-state index contributed by atoms with van der Waals surface area (Å²) in [4.78, 5) is 0. The van der Waals surface area contributed by atoms with E-state index in [9.17, 15) is 5.11 Å². The average Bonchev–Trinajstić information content (AvgIpc) is 2.57. The first kappa shape index (κ1) is 6.66. The van der Waals surface area contributed by atoms with Gasteiger partial charge in [-0.2, -0.15) is 0 Å². The van der Waals surface area contributed by atoms with Crippen LogP contribution in [0.5, 0.6) is 0 Å². The Kier molecular flexibility index (Phi) is 1.48. The highest BCUT2D eigenvalue weighted by atomic mass is 16.3. The van der Waals surface area contributed by atoms with Crippen molar-refractivity contribution < 1.29 is 5.11 Å². The molecule has 0 aromatic rings. The van der Waals surface area contributed by atoms with Crippen molar-refractivity contribution in [2.75, 3.05) is 6.61 Å². The van der Waals surface area contributed by atoms with E-state index >= 15 is 0 Å². The molecule has 0 aromatic heterocycles. The van der Waals surface area contributed by atoms with Gasteiger partial charge in [-0.3, -0.25) is 0 Å². The van der Waals surface area contributed by atoms with Crippen molar-refractivity contribution in [2.45, 2.75) is 38.5 Å². The summed E-state index contributed by atoms with van der Waals surface area (Å²) in [7, 11) is 0. The Balaban J connectivity index is 1.94. The van der Waals surface area contributed by atoms with Gasteiger partial charge in [-0.15, -0.1) is 0 Å². The Morgan fingerprint density at radius 2 is 2.10 bits per heavy atom. The third kappa shape index (κ3) is 0.878. The minimum atomic E-state index is 0.159. The van der Waals surface area contributed by atoms with Crippen molar-refractivity contribution >= 4 is 0 Å². The molecule has 0 aliphatic heterocycles. The molecule has 0 saturated heterocycles. The number of hydrogen-bond acceptors (Lipinski definition) is 0. The summed E-state index contributed by atoms with van der Waals surface area (Å²) < 4.78 is 0. The van der Waals surface area contributed by atoms with E-state index in [0.717, 1.165) is 12.3 Å². The molecule has 0 aromatic carbocycles. The predicted octanol–water partition coefficient (Wildman–Crippen LogP) is 2.39. The summed E-state index contributed by atoms with van der Waals surface area (Å²) in [6.45, 7) is 0.159. The molecule has 1 heteroatoms. The Bertz CT molecular complexity index is 127. The summed E-state index contributed by atoms with van der Waals surface area (Å²) in [6.07, 6.45) is 7.99. The Labute approximate surface area is 62.4 Å². The minimum absolute atomic E-state index is 0.159. The van der Waals surface area contributed by atoms with E-state index in [1.165, 1.54) is 32.1 Å². The predicted molar refractivity (Wildman–Crippen MR) is 39.2 cm³/mol. The van der Waals surface area contributed by atoms with Crippen LogP contribution in [0.2, 0.25) is 0 Å². The fraction of sp³-hybridized carbons (Fsp3) is 1.00. The molecule has 2 rings (SSSR count). The van der Waals surface area contributed by atoms with Crippen LogP contribution in [0.15, 0.2) is 0 Å². The van der Waals surface area contributed by atoms with Gasteiger partial charge in [-0.25, -0.2) is 5.11 Å². The molecule has 1 spiro atoms.